The summed E-state index contributed by atoms with van der Waals surface area (Å²) in [6.45, 7) is 0. The highest BCUT2D eigenvalue weighted by Crippen LogP contribution is 2.36. The van der Waals surface area contributed by atoms with E-state index in [-0.39, 0.29) is 21.6 Å². The van der Waals surface area contributed by atoms with Gasteiger partial charge in [0.05, 0.1) is 30.0 Å². The lowest BCUT2D eigenvalue weighted by Crippen LogP contribution is -2.12. The van der Waals surface area contributed by atoms with Crippen LogP contribution in [0.2, 0.25) is 10.0 Å². The summed E-state index contributed by atoms with van der Waals surface area (Å²) >= 11 is 15.3. The van der Waals surface area contributed by atoms with Gasteiger partial charge in [-0.05, 0) is 40.2 Å². The zero-order valence-electron chi connectivity index (χ0n) is 12.2. The fourth-order valence-electron chi connectivity index (χ4n) is 1.86. The molecule has 0 aliphatic heterocycles. The van der Waals surface area contributed by atoms with Crippen LogP contribution in [0.1, 0.15) is 10.4 Å². The van der Waals surface area contributed by atoms with Gasteiger partial charge in [0, 0.05) is 11.3 Å². The largest absolute Gasteiger partial charge is 0.495 e. The number of hydrogen-bond acceptors (Lipinski definition) is 4. The van der Waals surface area contributed by atoms with Gasteiger partial charge in [-0.3, -0.25) is 4.79 Å². The molecule has 0 fully saturated rings. The second-order valence-corrected chi connectivity index (χ2v) is 6.11. The number of nitrogen functional groups attached to an aromatic ring is 1. The lowest BCUT2D eigenvalue weighted by atomic mass is 10.1. The number of amides is 1. The molecule has 0 saturated heterocycles. The summed E-state index contributed by atoms with van der Waals surface area (Å²) in [5, 5.41) is 3.22. The zero-order chi connectivity index (χ0) is 17.1. The molecule has 0 bridgehead atoms. The Morgan fingerprint density at radius 3 is 2.00 bits per heavy atom. The molecule has 0 aliphatic rings. The minimum atomic E-state index is -0.369. The van der Waals surface area contributed by atoms with Crippen molar-refractivity contribution in [3.8, 4) is 11.5 Å². The van der Waals surface area contributed by atoms with Crippen molar-refractivity contribution in [1.29, 1.82) is 0 Å². The maximum absolute atomic E-state index is 12.4. The van der Waals surface area contributed by atoms with E-state index in [1.165, 1.54) is 26.4 Å². The third-order valence-electron chi connectivity index (χ3n) is 3.04. The van der Waals surface area contributed by atoms with Gasteiger partial charge in [-0.25, -0.2) is 0 Å². The molecule has 0 atom stereocenters. The number of rotatable bonds is 4. The first-order chi connectivity index (χ1) is 10.9. The van der Waals surface area contributed by atoms with E-state index in [4.69, 9.17) is 38.4 Å². The molecule has 122 valence electrons. The molecule has 8 heteroatoms. The summed E-state index contributed by atoms with van der Waals surface area (Å²) in [7, 11) is 3.00. The standard InChI is InChI=1S/C15H13BrCl2N2O3/c1-22-11-3-7(4-12(23-2)13(11)16)15(21)20-8-5-9(17)14(19)10(18)6-8/h3-6H,19H2,1-2H3,(H,20,21). The molecule has 2 aromatic rings. The fraction of sp³-hybridized carbons (Fsp3) is 0.133. The summed E-state index contributed by atoms with van der Waals surface area (Å²) in [4.78, 5) is 12.4. The van der Waals surface area contributed by atoms with Crippen LogP contribution < -0.4 is 20.5 Å². The van der Waals surface area contributed by atoms with E-state index >= 15 is 0 Å². The Morgan fingerprint density at radius 2 is 1.57 bits per heavy atom. The minimum absolute atomic E-state index is 0.262. The van der Waals surface area contributed by atoms with Crippen LogP contribution in [-0.4, -0.2) is 20.1 Å². The Balaban J connectivity index is 2.34. The van der Waals surface area contributed by atoms with E-state index in [0.717, 1.165) is 0 Å². The molecule has 0 spiro atoms. The van der Waals surface area contributed by atoms with Crippen molar-refractivity contribution in [3.05, 3.63) is 44.3 Å². The number of hydrogen-bond donors (Lipinski definition) is 2. The second-order valence-electron chi connectivity index (χ2n) is 4.50. The van der Waals surface area contributed by atoms with Gasteiger partial charge in [-0.2, -0.15) is 0 Å². The van der Waals surface area contributed by atoms with Crippen molar-refractivity contribution in [2.45, 2.75) is 0 Å². The average Bonchev–Trinajstić information content (AvgIpc) is 2.52. The van der Waals surface area contributed by atoms with Gasteiger partial charge in [0.1, 0.15) is 16.0 Å². The van der Waals surface area contributed by atoms with E-state index in [9.17, 15) is 4.79 Å². The number of ether oxygens (including phenoxy) is 2. The molecule has 0 aromatic heterocycles. The van der Waals surface area contributed by atoms with Crippen molar-refractivity contribution in [1.82, 2.24) is 0 Å². The Labute approximate surface area is 151 Å². The third-order valence-corrected chi connectivity index (χ3v) is 4.45. The van der Waals surface area contributed by atoms with Gasteiger partial charge in [-0.1, -0.05) is 23.2 Å². The highest BCUT2D eigenvalue weighted by molar-refractivity contribution is 9.10. The number of benzene rings is 2. The van der Waals surface area contributed by atoms with Crippen LogP contribution in [-0.2, 0) is 0 Å². The van der Waals surface area contributed by atoms with E-state index in [1.54, 1.807) is 12.1 Å². The molecular weight excluding hydrogens is 407 g/mol. The summed E-state index contributed by atoms with van der Waals surface area (Å²) in [6, 6.07) is 6.22. The molecule has 23 heavy (non-hydrogen) atoms. The summed E-state index contributed by atoms with van der Waals surface area (Å²) in [5.41, 5.74) is 6.72. The lowest BCUT2D eigenvalue weighted by molar-refractivity contribution is 0.102. The molecule has 0 heterocycles. The van der Waals surface area contributed by atoms with Crippen LogP contribution in [0.5, 0.6) is 11.5 Å². The topological polar surface area (TPSA) is 73.6 Å². The molecule has 0 saturated carbocycles. The Bertz CT molecular complexity index is 720. The van der Waals surface area contributed by atoms with Crippen LogP contribution in [0, 0.1) is 0 Å². The van der Waals surface area contributed by atoms with Crippen molar-refractivity contribution >= 4 is 56.4 Å². The van der Waals surface area contributed by atoms with E-state index < -0.39 is 0 Å². The molecule has 2 rings (SSSR count). The van der Waals surface area contributed by atoms with E-state index in [1.807, 2.05) is 0 Å². The average molecular weight is 420 g/mol. The first-order valence-corrected chi connectivity index (χ1v) is 7.89. The van der Waals surface area contributed by atoms with Gasteiger partial charge in [-0.15, -0.1) is 0 Å². The number of methoxy groups -OCH3 is 2. The fourth-order valence-corrected chi connectivity index (χ4v) is 2.90. The molecule has 3 N–H and O–H groups in total. The first-order valence-electron chi connectivity index (χ1n) is 6.34. The van der Waals surface area contributed by atoms with Crippen LogP contribution in [0.15, 0.2) is 28.7 Å². The Hall–Kier alpha value is -1.63. The molecule has 2 aromatic carbocycles. The molecule has 5 nitrogen and oxygen atoms in total. The number of anilines is 2. The highest BCUT2D eigenvalue weighted by atomic mass is 79.9. The van der Waals surface area contributed by atoms with Crippen molar-refractivity contribution in [3.63, 3.8) is 0 Å². The van der Waals surface area contributed by atoms with Gasteiger partial charge in [0.25, 0.3) is 5.91 Å². The van der Waals surface area contributed by atoms with Gasteiger partial charge >= 0.3 is 0 Å². The van der Waals surface area contributed by atoms with Crippen LogP contribution in [0.3, 0.4) is 0 Å². The number of nitrogens with one attached hydrogen (secondary N) is 1. The number of carbonyl (C=O) groups is 1. The van der Waals surface area contributed by atoms with Crippen molar-refractivity contribution in [2.75, 3.05) is 25.3 Å². The van der Waals surface area contributed by atoms with Crippen molar-refractivity contribution in [2.24, 2.45) is 0 Å². The summed E-state index contributed by atoms with van der Waals surface area (Å²) < 4.78 is 11.1. The normalized spacial score (nSPS) is 10.3. The minimum Gasteiger partial charge on any atom is -0.495 e. The maximum atomic E-state index is 12.4. The maximum Gasteiger partial charge on any atom is 0.255 e. The predicted molar refractivity (Wildman–Crippen MR) is 96.1 cm³/mol. The number of nitrogens with two attached hydrogens (primary N) is 1. The number of halogens is 3. The second kappa shape index (κ2) is 7.29. The predicted octanol–water partition coefficient (Wildman–Crippen LogP) is 4.61. The van der Waals surface area contributed by atoms with E-state index in [2.05, 4.69) is 21.2 Å². The number of carbonyl (C=O) groups excluding carboxylic acids is 1. The molecule has 1 amide bonds. The van der Waals surface area contributed by atoms with Crippen LogP contribution >= 0.6 is 39.1 Å². The third kappa shape index (κ3) is 3.83. The van der Waals surface area contributed by atoms with E-state index in [0.29, 0.717) is 27.2 Å². The van der Waals surface area contributed by atoms with Gasteiger partial charge < -0.3 is 20.5 Å². The van der Waals surface area contributed by atoms with Crippen LogP contribution in [0.4, 0.5) is 11.4 Å². The Kier molecular flexibility index (Phi) is 5.62. The molecule has 0 radical (unpaired) electrons. The lowest BCUT2D eigenvalue weighted by Gasteiger charge is -2.12. The monoisotopic (exact) mass is 418 g/mol. The summed E-state index contributed by atoms with van der Waals surface area (Å²) in [5.74, 6) is 0.580. The zero-order valence-corrected chi connectivity index (χ0v) is 15.3. The van der Waals surface area contributed by atoms with Crippen LogP contribution in [0.25, 0.3) is 0 Å². The van der Waals surface area contributed by atoms with Gasteiger partial charge in [0.15, 0.2) is 0 Å². The Morgan fingerprint density at radius 1 is 1.09 bits per heavy atom. The highest BCUT2D eigenvalue weighted by Gasteiger charge is 2.15. The molecule has 0 aliphatic carbocycles. The summed E-state index contributed by atoms with van der Waals surface area (Å²) in [6.07, 6.45) is 0. The molecule has 0 unspecified atom stereocenters. The first kappa shape index (κ1) is 17.7. The smallest absolute Gasteiger partial charge is 0.255 e. The molecular formula is C15H13BrCl2N2O3. The van der Waals surface area contributed by atoms with Crippen molar-refractivity contribution < 1.29 is 14.3 Å². The quantitative estimate of drug-likeness (QED) is 0.709. The van der Waals surface area contributed by atoms with Gasteiger partial charge in [0.2, 0.25) is 0 Å². The SMILES string of the molecule is COc1cc(C(=O)Nc2cc(Cl)c(N)c(Cl)c2)cc(OC)c1Br.